The van der Waals surface area contributed by atoms with Gasteiger partial charge in [0.15, 0.2) is 0 Å². The van der Waals surface area contributed by atoms with Crippen LogP contribution in [0, 0.1) is 6.92 Å². The Kier molecular flexibility index (Phi) is 5.29. The van der Waals surface area contributed by atoms with Crippen LogP contribution in [0.3, 0.4) is 0 Å². The second kappa shape index (κ2) is 7.98. The van der Waals surface area contributed by atoms with Crippen LogP contribution in [-0.2, 0) is 9.59 Å². The molecule has 0 N–H and O–H groups in total. The van der Waals surface area contributed by atoms with E-state index in [1.165, 1.54) is 0 Å². The van der Waals surface area contributed by atoms with Crippen LogP contribution < -0.4 is 14.4 Å². The lowest BCUT2D eigenvalue weighted by molar-refractivity contribution is -0.113. The van der Waals surface area contributed by atoms with Crippen LogP contribution >= 0.6 is 0 Å². The van der Waals surface area contributed by atoms with Gasteiger partial charge >= 0.3 is 0 Å². The highest BCUT2D eigenvalue weighted by Crippen LogP contribution is 2.30. The van der Waals surface area contributed by atoms with Crippen LogP contribution in [0.15, 0.2) is 72.8 Å². The first-order chi connectivity index (χ1) is 12.7. The Labute approximate surface area is 151 Å². The smallest absolute Gasteiger partial charge is 0.220 e. The summed E-state index contributed by atoms with van der Waals surface area (Å²) in [6.45, 7) is 2.00. The summed E-state index contributed by atoms with van der Waals surface area (Å²) in [5.41, 5.74) is 1.54. The maximum atomic E-state index is 10.9. The van der Waals surface area contributed by atoms with E-state index in [9.17, 15) is 9.59 Å². The number of carbonyl (C=O) groups is 2. The zero-order chi connectivity index (χ0) is 18.4. The number of hydrogen-bond donors (Lipinski definition) is 0. The van der Waals surface area contributed by atoms with Gasteiger partial charge in [-0.05, 0) is 48.9 Å². The van der Waals surface area contributed by atoms with E-state index >= 15 is 0 Å². The van der Waals surface area contributed by atoms with Crippen molar-refractivity contribution >= 4 is 18.5 Å². The quantitative estimate of drug-likeness (QED) is 0.581. The second-order valence-corrected chi connectivity index (χ2v) is 5.61. The van der Waals surface area contributed by atoms with E-state index in [4.69, 9.17) is 9.47 Å². The normalized spacial score (nSPS) is 10.0. The molecule has 0 unspecified atom stereocenters. The van der Waals surface area contributed by atoms with Gasteiger partial charge in [-0.3, -0.25) is 14.5 Å². The number of hydrogen-bond acceptors (Lipinski definition) is 4. The zero-order valence-corrected chi connectivity index (χ0v) is 14.2. The minimum absolute atomic E-state index is 0.430. The van der Waals surface area contributed by atoms with E-state index in [1.54, 1.807) is 36.4 Å². The number of aryl methyl sites for hydroxylation is 1. The first-order valence-electron chi connectivity index (χ1n) is 7.99. The van der Waals surface area contributed by atoms with Crippen molar-refractivity contribution in [2.45, 2.75) is 6.92 Å². The zero-order valence-electron chi connectivity index (χ0n) is 14.2. The summed E-state index contributed by atoms with van der Waals surface area (Å²) in [7, 11) is 0. The van der Waals surface area contributed by atoms with Crippen LogP contribution in [0.25, 0.3) is 0 Å². The third-order valence-electron chi connectivity index (χ3n) is 3.61. The molecule has 130 valence electrons. The average molecular weight is 347 g/mol. The Bertz CT molecular complexity index is 915. The minimum atomic E-state index is 0.430. The molecule has 0 aromatic heterocycles. The number of carbonyl (C=O) groups excluding carboxylic acids is 2. The number of amides is 2. The first kappa shape index (κ1) is 17.2. The van der Waals surface area contributed by atoms with Gasteiger partial charge in [0.2, 0.25) is 12.8 Å². The van der Waals surface area contributed by atoms with E-state index in [2.05, 4.69) is 0 Å². The lowest BCUT2D eigenvalue weighted by Gasteiger charge is -2.12. The summed E-state index contributed by atoms with van der Waals surface area (Å²) in [5, 5.41) is 0. The Balaban J connectivity index is 1.77. The lowest BCUT2D eigenvalue weighted by atomic mass is 10.2. The van der Waals surface area contributed by atoms with Crippen molar-refractivity contribution in [3.05, 3.63) is 78.4 Å². The molecule has 26 heavy (non-hydrogen) atoms. The number of rotatable bonds is 7. The van der Waals surface area contributed by atoms with Crippen LogP contribution in [0.4, 0.5) is 5.69 Å². The molecule has 0 aliphatic carbocycles. The monoisotopic (exact) mass is 347 g/mol. The highest BCUT2D eigenvalue weighted by Gasteiger charge is 2.06. The third-order valence-corrected chi connectivity index (χ3v) is 3.61. The van der Waals surface area contributed by atoms with Crippen LogP contribution in [-0.4, -0.2) is 12.8 Å². The standard InChI is InChI=1S/C21H17NO4/c1-16-5-2-7-18(11-16)25-20-9-4-10-21(13-20)26-19-8-3-6-17(12-19)22(14-23)15-24/h2-15H,1H3. The predicted octanol–water partition coefficient (Wildman–Crippen LogP) is 4.70. The molecule has 3 aromatic rings. The largest absolute Gasteiger partial charge is 0.457 e. The fourth-order valence-corrected chi connectivity index (χ4v) is 2.41. The maximum Gasteiger partial charge on any atom is 0.220 e. The summed E-state index contributed by atoms with van der Waals surface area (Å²) in [6, 6.07) is 21.7. The fourth-order valence-electron chi connectivity index (χ4n) is 2.41. The Morgan fingerprint density at radius 2 is 1.19 bits per heavy atom. The topological polar surface area (TPSA) is 55.8 Å². The highest BCUT2D eigenvalue weighted by atomic mass is 16.5. The molecule has 0 saturated carbocycles. The van der Waals surface area contributed by atoms with Gasteiger partial charge < -0.3 is 9.47 Å². The number of anilines is 1. The molecule has 0 aliphatic heterocycles. The van der Waals surface area contributed by atoms with Gasteiger partial charge in [0.05, 0.1) is 5.69 Å². The van der Waals surface area contributed by atoms with Gasteiger partial charge in [-0.25, -0.2) is 0 Å². The number of nitrogens with zero attached hydrogens (tertiary/aromatic N) is 1. The van der Waals surface area contributed by atoms with Crippen LogP contribution in [0.1, 0.15) is 5.56 Å². The molecule has 0 spiro atoms. The van der Waals surface area contributed by atoms with Crippen molar-refractivity contribution in [2.24, 2.45) is 0 Å². The van der Waals surface area contributed by atoms with Gasteiger partial charge in [0.25, 0.3) is 0 Å². The first-order valence-corrected chi connectivity index (χ1v) is 7.99. The van der Waals surface area contributed by atoms with Gasteiger partial charge in [-0.1, -0.05) is 24.3 Å². The number of benzene rings is 3. The summed E-state index contributed by atoms with van der Waals surface area (Å²) in [6.07, 6.45) is 0.894. The Morgan fingerprint density at radius 3 is 1.77 bits per heavy atom. The molecule has 0 heterocycles. The molecule has 0 atom stereocenters. The molecule has 0 bridgehead atoms. The van der Waals surface area contributed by atoms with Crippen molar-refractivity contribution in [1.82, 2.24) is 0 Å². The van der Waals surface area contributed by atoms with E-state index in [1.807, 2.05) is 43.3 Å². The summed E-state index contributed by atoms with van der Waals surface area (Å²) >= 11 is 0. The molecular formula is C21H17NO4. The molecule has 0 aliphatic rings. The number of ether oxygens (including phenoxy) is 2. The second-order valence-electron chi connectivity index (χ2n) is 5.61. The third kappa shape index (κ3) is 4.27. The fraction of sp³-hybridized carbons (Fsp3) is 0.0476. The summed E-state index contributed by atoms with van der Waals surface area (Å²) in [5.74, 6) is 2.48. The van der Waals surface area contributed by atoms with Crippen molar-refractivity contribution in [1.29, 1.82) is 0 Å². The van der Waals surface area contributed by atoms with E-state index in [0.29, 0.717) is 35.8 Å². The Morgan fingerprint density at radius 1 is 0.692 bits per heavy atom. The predicted molar refractivity (Wildman–Crippen MR) is 98.8 cm³/mol. The SMILES string of the molecule is Cc1cccc(Oc2cccc(Oc3cccc(N(C=O)C=O)c3)c2)c1. The molecule has 5 heteroatoms. The van der Waals surface area contributed by atoms with Crippen molar-refractivity contribution in [2.75, 3.05) is 4.90 Å². The molecule has 3 aromatic carbocycles. The van der Waals surface area contributed by atoms with Crippen molar-refractivity contribution < 1.29 is 19.1 Å². The van der Waals surface area contributed by atoms with E-state index in [0.717, 1.165) is 16.2 Å². The molecule has 0 saturated heterocycles. The maximum absolute atomic E-state index is 10.9. The minimum Gasteiger partial charge on any atom is -0.457 e. The average Bonchev–Trinajstić information content (AvgIpc) is 2.63. The molecule has 3 rings (SSSR count). The highest BCUT2D eigenvalue weighted by molar-refractivity contribution is 5.95. The number of imide groups is 1. The van der Waals surface area contributed by atoms with Crippen LogP contribution in [0.2, 0.25) is 0 Å². The summed E-state index contributed by atoms with van der Waals surface area (Å²) in [4.78, 5) is 22.7. The summed E-state index contributed by atoms with van der Waals surface area (Å²) < 4.78 is 11.7. The Hall–Kier alpha value is -3.60. The lowest BCUT2D eigenvalue weighted by Crippen LogP contribution is -2.17. The van der Waals surface area contributed by atoms with Crippen LogP contribution in [0.5, 0.6) is 23.0 Å². The van der Waals surface area contributed by atoms with Gasteiger partial charge in [-0.2, -0.15) is 0 Å². The van der Waals surface area contributed by atoms with E-state index in [-0.39, 0.29) is 0 Å². The molecular weight excluding hydrogens is 330 g/mol. The van der Waals surface area contributed by atoms with Gasteiger partial charge in [0, 0.05) is 12.1 Å². The van der Waals surface area contributed by atoms with Crippen molar-refractivity contribution in [3.8, 4) is 23.0 Å². The van der Waals surface area contributed by atoms with Gasteiger partial charge in [0.1, 0.15) is 23.0 Å². The molecule has 2 amide bonds. The molecule has 0 radical (unpaired) electrons. The van der Waals surface area contributed by atoms with Crippen molar-refractivity contribution in [3.63, 3.8) is 0 Å². The molecule has 0 fully saturated rings. The molecule has 5 nitrogen and oxygen atoms in total. The van der Waals surface area contributed by atoms with E-state index < -0.39 is 0 Å². The van der Waals surface area contributed by atoms with Gasteiger partial charge in [-0.15, -0.1) is 0 Å².